The highest BCUT2D eigenvalue weighted by molar-refractivity contribution is 5.79. The Kier molecular flexibility index (Phi) is 4.06. The Labute approximate surface area is 149 Å². The first-order valence-electron chi connectivity index (χ1n) is 8.64. The van der Waals surface area contributed by atoms with Gasteiger partial charge in [0.2, 0.25) is 5.91 Å². The fraction of sp³-hybridized carbons (Fsp3) is 0.316. The van der Waals surface area contributed by atoms with Crippen LogP contribution in [0.3, 0.4) is 0 Å². The number of fused-ring (bicyclic) bond motifs is 1. The molecule has 6 nitrogen and oxygen atoms in total. The minimum atomic E-state index is -0.343. The molecule has 0 aliphatic carbocycles. The maximum atomic E-state index is 13.4. The molecule has 0 bridgehead atoms. The number of nitrogens with one attached hydrogen (secondary N) is 1. The molecule has 0 spiro atoms. The fourth-order valence-electron chi connectivity index (χ4n) is 3.61. The van der Waals surface area contributed by atoms with E-state index in [4.69, 9.17) is 0 Å². The van der Waals surface area contributed by atoms with Crippen LogP contribution in [0.15, 0.2) is 41.2 Å². The van der Waals surface area contributed by atoms with Crippen LogP contribution in [0.4, 0.5) is 4.39 Å². The van der Waals surface area contributed by atoms with Gasteiger partial charge in [0.1, 0.15) is 5.82 Å². The second-order valence-corrected chi connectivity index (χ2v) is 6.69. The van der Waals surface area contributed by atoms with Gasteiger partial charge in [0.05, 0.1) is 18.2 Å². The van der Waals surface area contributed by atoms with E-state index < -0.39 is 0 Å². The Morgan fingerprint density at radius 1 is 1.35 bits per heavy atom. The predicted molar refractivity (Wildman–Crippen MR) is 94.3 cm³/mol. The molecule has 1 N–H and O–H groups in total. The minimum absolute atomic E-state index is 0.0479. The molecule has 1 aliphatic rings. The van der Waals surface area contributed by atoms with Crippen molar-refractivity contribution in [2.24, 2.45) is 0 Å². The number of rotatable bonds is 3. The number of halogens is 1. The highest BCUT2D eigenvalue weighted by Crippen LogP contribution is 2.31. The van der Waals surface area contributed by atoms with Gasteiger partial charge in [0.25, 0.3) is 5.56 Å². The van der Waals surface area contributed by atoms with Gasteiger partial charge in [-0.3, -0.25) is 14.7 Å². The molecule has 3 heterocycles. The number of benzene rings is 1. The molecular weight excluding hydrogens is 335 g/mol. The summed E-state index contributed by atoms with van der Waals surface area (Å²) in [5, 5.41) is 3.08. The maximum absolute atomic E-state index is 13.4. The number of carbonyl (C=O) groups excluding carboxylic acids is 1. The zero-order valence-corrected chi connectivity index (χ0v) is 14.4. The van der Waals surface area contributed by atoms with Gasteiger partial charge in [0.15, 0.2) is 5.65 Å². The molecule has 0 unspecified atom stereocenters. The van der Waals surface area contributed by atoms with Crippen molar-refractivity contribution in [1.29, 1.82) is 0 Å². The molecule has 7 heteroatoms. The Balaban J connectivity index is 1.61. The van der Waals surface area contributed by atoms with Crippen LogP contribution in [0.1, 0.15) is 35.8 Å². The molecule has 1 aliphatic heterocycles. The van der Waals surface area contributed by atoms with Gasteiger partial charge >= 0.3 is 0 Å². The first-order chi connectivity index (χ1) is 12.5. The van der Waals surface area contributed by atoms with E-state index in [1.807, 2.05) is 6.07 Å². The van der Waals surface area contributed by atoms with E-state index in [1.165, 1.54) is 22.7 Å². The molecule has 0 saturated carbocycles. The number of H-pyrrole nitrogens is 1. The summed E-state index contributed by atoms with van der Waals surface area (Å²) in [6, 6.07) is 9.28. The maximum Gasteiger partial charge on any atom is 0.272 e. The molecule has 1 saturated heterocycles. The zero-order chi connectivity index (χ0) is 18.3. The number of nitrogens with zero attached hydrogens (tertiary/aromatic N) is 3. The summed E-state index contributed by atoms with van der Waals surface area (Å²) >= 11 is 0. The molecule has 1 atom stereocenters. The lowest BCUT2D eigenvalue weighted by Crippen LogP contribution is -2.32. The van der Waals surface area contributed by atoms with Gasteiger partial charge in [-0.1, -0.05) is 12.1 Å². The van der Waals surface area contributed by atoms with Crippen LogP contribution in [-0.2, 0) is 11.2 Å². The minimum Gasteiger partial charge on any atom is -0.334 e. The van der Waals surface area contributed by atoms with E-state index >= 15 is 0 Å². The number of hydrogen-bond acceptors (Lipinski definition) is 3. The lowest BCUT2D eigenvalue weighted by atomic mass is 10.1. The number of aromatic nitrogens is 3. The molecule has 26 heavy (non-hydrogen) atoms. The van der Waals surface area contributed by atoms with E-state index in [2.05, 4.69) is 10.1 Å². The Bertz CT molecular complexity index is 1040. The van der Waals surface area contributed by atoms with Crippen molar-refractivity contribution in [3.63, 3.8) is 0 Å². The molecule has 134 valence electrons. The summed E-state index contributed by atoms with van der Waals surface area (Å²) in [5.41, 5.74) is 2.49. The Morgan fingerprint density at radius 3 is 3.00 bits per heavy atom. The van der Waals surface area contributed by atoms with Crippen LogP contribution in [-0.4, -0.2) is 31.9 Å². The Hall–Kier alpha value is -2.96. The summed E-state index contributed by atoms with van der Waals surface area (Å²) in [6.07, 6.45) is 1.86. The highest BCUT2D eigenvalue weighted by atomic mass is 19.1. The lowest BCUT2D eigenvalue weighted by molar-refractivity contribution is -0.131. The first kappa shape index (κ1) is 16.5. The smallest absolute Gasteiger partial charge is 0.272 e. The van der Waals surface area contributed by atoms with E-state index in [1.54, 1.807) is 24.0 Å². The average molecular weight is 354 g/mol. The standard InChI is InChI=1S/C19H19FN4O2/c1-12-8-19(26)24-17(21-12)11-15(22-24)16-6-3-7-23(16)18(25)10-13-4-2-5-14(20)9-13/h2,4-5,8-9,11,16,22H,3,6-7,10H2,1H3/t16-/m0/s1. The van der Waals surface area contributed by atoms with Crippen molar-refractivity contribution >= 4 is 11.6 Å². The predicted octanol–water partition coefficient (Wildman–Crippen LogP) is 2.38. The van der Waals surface area contributed by atoms with Gasteiger partial charge in [-0.05, 0) is 37.5 Å². The van der Waals surface area contributed by atoms with Crippen molar-refractivity contribution < 1.29 is 9.18 Å². The summed E-state index contributed by atoms with van der Waals surface area (Å²) < 4.78 is 14.8. The second kappa shape index (κ2) is 6.40. The van der Waals surface area contributed by atoms with Crippen LogP contribution in [0.2, 0.25) is 0 Å². The molecule has 1 amide bonds. The molecule has 2 aromatic heterocycles. The van der Waals surface area contributed by atoms with E-state index in [0.29, 0.717) is 23.4 Å². The van der Waals surface area contributed by atoms with E-state index in [0.717, 1.165) is 18.5 Å². The molecule has 1 fully saturated rings. The zero-order valence-electron chi connectivity index (χ0n) is 14.4. The van der Waals surface area contributed by atoms with Gasteiger partial charge < -0.3 is 4.90 Å². The van der Waals surface area contributed by atoms with Crippen LogP contribution in [0.5, 0.6) is 0 Å². The van der Waals surface area contributed by atoms with E-state index in [-0.39, 0.29) is 29.7 Å². The number of hydrogen-bond donors (Lipinski definition) is 1. The summed E-state index contributed by atoms with van der Waals surface area (Å²) in [7, 11) is 0. The molecule has 1 aromatic carbocycles. The van der Waals surface area contributed by atoms with Crippen LogP contribution >= 0.6 is 0 Å². The lowest BCUT2D eigenvalue weighted by Gasteiger charge is -2.24. The average Bonchev–Trinajstić information content (AvgIpc) is 3.20. The van der Waals surface area contributed by atoms with Crippen LogP contribution < -0.4 is 5.56 Å². The van der Waals surface area contributed by atoms with Crippen molar-refractivity contribution in [2.45, 2.75) is 32.2 Å². The first-order valence-corrected chi connectivity index (χ1v) is 8.64. The quantitative estimate of drug-likeness (QED) is 0.785. The monoisotopic (exact) mass is 354 g/mol. The van der Waals surface area contributed by atoms with Gasteiger partial charge in [-0.2, -0.15) is 0 Å². The molecule has 3 aromatic rings. The summed E-state index contributed by atoms with van der Waals surface area (Å²) in [4.78, 5) is 31.0. The number of aryl methyl sites for hydroxylation is 1. The highest BCUT2D eigenvalue weighted by Gasteiger charge is 2.31. The van der Waals surface area contributed by atoms with Crippen LogP contribution in [0, 0.1) is 12.7 Å². The largest absolute Gasteiger partial charge is 0.334 e. The van der Waals surface area contributed by atoms with E-state index in [9.17, 15) is 14.0 Å². The van der Waals surface area contributed by atoms with Crippen molar-refractivity contribution in [3.8, 4) is 0 Å². The van der Waals surface area contributed by atoms with Gasteiger partial charge in [-0.25, -0.2) is 13.9 Å². The van der Waals surface area contributed by atoms with Crippen molar-refractivity contribution in [2.75, 3.05) is 6.54 Å². The van der Waals surface area contributed by atoms with Crippen LogP contribution in [0.25, 0.3) is 5.65 Å². The molecule has 4 rings (SSSR count). The third-order valence-corrected chi connectivity index (χ3v) is 4.77. The second-order valence-electron chi connectivity index (χ2n) is 6.69. The van der Waals surface area contributed by atoms with Crippen molar-refractivity contribution in [3.05, 3.63) is 69.5 Å². The van der Waals surface area contributed by atoms with Gasteiger partial charge in [-0.15, -0.1) is 0 Å². The fourth-order valence-corrected chi connectivity index (χ4v) is 3.61. The summed E-state index contributed by atoms with van der Waals surface area (Å²) in [5.74, 6) is -0.391. The normalized spacial score (nSPS) is 17.2. The SMILES string of the molecule is Cc1cc(=O)n2[nH]c([C@@H]3CCCN3C(=O)Cc3cccc(F)c3)cc2n1. The van der Waals surface area contributed by atoms with Crippen molar-refractivity contribution in [1.82, 2.24) is 19.5 Å². The number of amides is 1. The third kappa shape index (κ3) is 3.00. The Morgan fingerprint density at radius 2 is 2.19 bits per heavy atom. The van der Waals surface area contributed by atoms with Gasteiger partial charge in [0, 0.05) is 24.4 Å². The summed E-state index contributed by atoms with van der Waals surface area (Å²) in [6.45, 7) is 2.42. The number of carbonyl (C=O) groups is 1. The number of aromatic amines is 1. The number of likely N-dealkylation sites (tertiary alicyclic amines) is 1. The molecular formula is C19H19FN4O2. The molecule has 0 radical (unpaired) electrons. The topological polar surface area (TPSA) is 70.5 Å². The third-order valence-electron chi connectivity index (χ3n) is 4.77.